The summed E-state index contributed by atoms with van der Waals surface area (Å²) >= 11 is 0. The molecule has 0 N–H and O–H groups in total. The molecule has 0 saturated heterocycles. The number of unbranched alkanes of at least 4 members (excludes halogenated alkanes) is 1. The number of hydrogen-bond acceptors (Lipinski definition) is 1. The Labute approximate surface area is 92.7 Å². The zero-order valence-corrected chi connectivity index (χ0v) is 9.66. The molecule has 0 radical (unpaired) electrons. The van der Waals surface area contributed by atoms with Crippen LogP contribution in [0.1, 0.15) is 50.2 Å². The van der Waals surface area contributed by atoms with Crippen molar-refractivity contribution in [1.82, 2.24) is 0 Å². The van der Waals surface area contributed by atoms with Crippen LogP contribution in [0.2, 0.25) is 0 Å². The van der Waals surface area contributed by atoms with Crippen LogP contribution in [0.3, 0.4) is 0 Å². The van der Waals surface area contributed by atoms with Gasteiger partial charge in [0.1, 0.15) is 0 Å². The Morgan fingerprint density at radius 2 is 1.87 bits per heavy atom. The van der Waals surface area contributed by atoms with E-state index in [0.29, 0.717) is 0 Å². The van der Waals surface area contributed by atoms with E-state index in [1.165, 1.54) is 18.4 Å². The molecular formula is C14H19N. The van der Waals surface area contributed by atoms with Gasteiger partial charge in [-0.3, -0.25) is 0 Å². The lowest BCUT2D eigenvalue weighted by atomic mass is 9.96. The molecule has 0 aliphatic heterocycles. The summed E-state index contributed by atoms with van der Waals surface area (Å²) in [6.45, 7) is 4.26. The van der Waals surface area contributed by atoms with Crippen molar-refractivity contribution in [3.63, 3.8) is 0 Å². The van der Waals surface area contributed by atoms with E-state index in [9.17, 15) is 0 Å². The quantitative estimate of drug-likeness (QED) is 0.705. The van der Waals surface area contributed by atoms with Gasteiger partial charge in [-0.15, -0.1) is 0 Å². The molecule has 0 aromatic heterocycles. The van der Waals surface area contributed by atoms with Crippen molar-refractivity contribution in [3.8, 4) is 6.07 Å². The third-order valence-electron chi connectivity index (χ3n) is 2.77. The fourth-order valence-corrected chi connectivity index (χ4v) is 1.70. The van der Waals surface area contributed by atoms with Gasteiger partial charge in [-0.25, -0.2) is 0 Å². The van der Waals surface area contributed by atoms with E-state index in [4.69, 9.17) is 5.26 Å². The molecule has 1 heteroatoms. The Kier molecular flexibility index (Phi) is 4.90. The van der Waals surface area contributed by atoms with Crippen LogP contribution in [0.25, 0.3) is 0 Å². The van der Waals surface area contributed by atoms with Crippen LogP contribution in [-0.4, -0.2) is 0 Å². The SMILES string of the molecule is CCCCc1ccc(C(C#N)CC)cc1. The van der Waals surface area contributed by atoms with Gasteiger partial charge in [0.05, 0.1) is 12.0 Å². The molecule has 0 saturated carbocycles. The summed E-state index contributed by atoms with van der Waals surface area (Å²) in [7, 11) is 0. The maximum absolute atomic E-state index is 8.94. The Hall–Kier alpha value is -1.29. The molecule has 80 valence electrons. The molecule has 0 fully saturated rings. The van der Waals surface area contributed by atoms with Crippen molar-refractivity contribution in [2.24, 2.45) is 0 Å². The maximum Gasteiger partial charge on any atom is 0.0710 e. The lowest BCUT2D eigenvalue weighted by Crippen LogP contribution is -1.94. The molecule has 0 aliphatic rings. The smallest absolute Gasteiger partial charge is 0.0710 e. The molecule has 1 rings (SSSR count). The van der Waals surface area contributed by atoms with E-state index in [1.807, 2.05) is 0 Å². The van der Waals surface area contributed by atoms with E-state index >= 15 is 0 Å². The van der Waals surface area contributed by atoms with E-state index in [0.717, 1.165) is 18.4 Å². The Morgan fingerprint density at radius 1 is 1.20 bits per heavy atom. The number of benzene rings is 1. The first-order valence-electron chi connectivity index (χ1n) is 5.80. The third kappa shape index (κ3) is 3.40. The minimum absolute atomic E-state index is 0.0604. The predicted octanol–water partition coefficient (Wildman–Crippen LogP) is 4.05. The molecule has 1 unspecified atom stereocenters. The zero-order valence-electron chi connectivity index (χ0n) is 9.66. The van der Waals surface area contributed by atoms with Gasteiger partial charge in [0, 0.05) is 0 Å². The van der Waals surface area contributed by atoms with Gasteiger partial charge in [-0.2, -0.15) is 5.26 Å². The second-order valence-corrected chi connectivity index (χ2v) is 3.94. The van der Waals surface area contributed by atoms with Gasteiger partial charge < -0.3 is 0 Å². The monoisotopic (exact) mass is 201 g/mol. The molecule has 0 bridgehead atoms. The zero-order chi connectivity index (χ0) is 11.1. The van der Waals surface area contributed by atoms with Gasteiger partial charge in [0.25, 0.3) is 0 Å². The summed E-state index contributed by atoms with van der Waals surface area (Å²) < 4.78 is 0. The van der Waals surface area contributed by atoms with Gasteiger partial charge in [-0.1, -0.05) is 44.5 Å². The fourth-order valence-electron chi connectivity index (χ4n) is 1.70. The molecule has 1 aromatic rings. The number of nitrogens with zero attached hydrogens (tertiary/aromatic N) is 1. The summed E-state index contributed by atoms with van der Waals surface area (Å²) in [4.78, 5) is 0. The topological polar surface area (TPSA) is 23.8 Å². The standard InChI is InChI=1S/C14H19N/c1-3-5-6-12-7-9-14(10-8-12)13(4-2)11-15/h7-10,13H,3-6H2,1-2H3. The molecule has 0 amide bonds. The average molecular weight is 201 g/mol. The van der Waals surface area contributed by atoms with Gasteiger partial charge in [0.15, 0.2) is 0 Å². The first-order valence-corrected chi connectivity index (χ1v) is 5.80. The summed E-state index contributed by atoms with van der Waals surface area (Å²) in [5, 5.41) is 8.94. The summed E-state index contributed by atoms with van der Waals surface area (Å²) in [6, 6.07) is 10.8. The Morgan fingerprint density at radius 3 is 2.33 bits per heavy atom. The van der Waals surface area contributed by atoms with Crippen LogP contribution >= 0.6 is 0 Å². The molecular weight excluding hydrogens is 182 g/mol. The minimum Gasteiger partial charge on any atom is -0.198 e. The fraction of sp³-hybridized carbons (Fsp3) is 0.500. The van der Waals surface area contributed by atoms with Crippen molar-refractivity contribution in [2.75, 3.05) is 0 Å². The Balaban J connectivity index is 2.68. The van der Waals surface area contributed by atoms with Crippen LogP contribution in [0.15, 0.2) is 24.3 Å². The molecule has 15 heavy (non-hydrogen) atoms. The number of hydrogen-bond donors (Lipinski definition) is 0. The average Bonchev–Trinajstić information content (AvgIpc) is 2.29. The van der Waals surface area contributed by atoms with Crippen molar-refractivity contribution >= 4 is 0 Å². The lowest BCUT2D eigenvalue weighted by Gasteiger charge is -2.07. The van der Waals surface area contributed by atoms with Crippen molar-refractivity contribution in [1.29, 1.82) is 5.26 Å². The van der Waals surface area contributed by atoms with Crippen LogP contribution in [0.4, 0.5) is 0 Å². The minimum atomic E-state index is 0.0604. The number of aryl methyl sites for hydroxylation is 1. The molecule has 0 heterocycles. The largest absolute Gasteiger partial charge is 0.198 e. The van der Waals surface area contributed by atoms with E-state index in [2.05, 4.69) is 44.2 Å². The van der Waals surface area contributed by atoms with E-state index in [1.54, 1.807) is 0 Å². The molecule has 1 aromatic carbocycles. The predicted molar refractivity (Wildman–Crippen MR) is 63.7 cm³/mol. The summed E-state index contributed by atoms with van der Waals surface area (Å²) in [5.74, 6) is 0.0604. The van der Waals surface area contributed by atoms with Gasteiger partial charge in [-0.05, 0) is 30.4 Å². The molecule has 1 atom stereocenters. The highest BCUT2D eigenvalue weighted by Gasteiger charge is 2.06. The van der Waals surface area contributed by atoms with E-state index in [-0.39, 0.29) is 5.92 Å². The van der Waals surface area contributed by atoms with Crippen molar-refractivity contribution in [2.45, 2.75) is 45.4 Å². The summed E-state index contributed by atoms with van der Waals surface area (Å²) in [6.07, 6.45) is 4.53. The molecule has 1 nitrogen and oxygen atoms in total. The second-order valence-electron chi connectivity index (χ2n) is 3.94. The van der Waals surface area contributed by atoms with Crippen molar-refractivity contribution < 1.29 is 0 Å². The third-order valence-corrected chi connectivity index (χ3v) is 2.77. The van der Waals surface area contributed by atoms with Gasteiger partial charge >= 0.3 is 0 Å². The highest BCUT2D eigenvalue weighted by Crippen LogP contribution is 2.19. The Bertz CT molecular complexity index is 318. The first-order chi connectivity index (χ1) is 7.31. The highest BCUT2D eigenvalue weighted by molar-refractivity contribution is 5.28. The lowest BCUT2D eigenvalue weighted by molar-refractivity contribution is 0.790. The maximum atomic E-state index is 8.94. The first kappa shape index (κ1) is 11.8. The normalized spacial score (nSPS) is 12.1. The number of nitriles is 1. The van der Waals surface area contributed by atoms with Crippen LogP contribution in [0, 0.1) is 11.3 Å². The molecule has 0 spiro atoms. The van der Waals surface area contributed by atoms with Crippen LogP contribution in [-0.2, 0) is 6.42 Å². The van der Waals surface area contributed by atoms with Crippen molar-refractivity contribution in [3.05, 3.63) is 35.4 Å². The summed E-state index contributed by atoms with van der Waals surface area (Å²) in [5.41, 5.74) is 2.54. The highest BCUT2D eigenvalue weighted by atomic mass is 14.3. The second kappa shape index (κ2) is 6.24. The van der Waals surface area contributed by atoms with E-state index < -0.39 is 0 Å². The van der Waals surface area contributed by atoms with Gasteiger partial charge in [0.2, 0.25) is 0 Å². The molecule has 0 aliphatic carbocycles. The van der Waals surface area contributed by atoms with Crippen LogP contribution < -0.4 is 0 Å². The van der Waals surface area contributed by atoms with Crippen LogP contribution in [0.5, 0.6) is 0 Å². The number of rotatable bonds is 5.